The zero-order chi connectivity index (χ0) is 53.2. The van der Waals surface area contributed by atoms with Crippen LogP contribution < -0.4 is 24.6 Å². The van der Waals surface area contributed by atoms with Crippen molar-refractivity contribution in [2.75, 3.05) is 102 Å². The minimum atomic E-state index is -0.968. The molecule has 404 valence electrons. The molecular formula is C59H67F2N9O7. The molecule has 5 aliphatic heterocycles. The zero-order valence-corrected chi connectivity index (χ0v) is 44.2. The average molecular weight is 1050 g/mol. The van der Waals surface area contributed by atoms with Gasteiger partial charge in [0.1, 0.15) is 34.6 Å². The number of ether oxygens (including phenoxy) is 3. The summed E-state index contributed by atoms with van der Waals surface area (Å²) in [5, 5.41) is 17.2. The highest BCUT2D eigenvalue weighted by atomic mass is 19.1. The summed E-state index contributed by atoms with van der Waals surface area (Å²) in [6.07, 6.45) is 7.91. The number of fused-ring (bicyclic) bond motifs is 2. The van der Waals surface area contributed by atoms with E-state index in [0.29, 0.717) is 89.3 Å². The number of nitrogens with zero attached hydrogens (tertiary/aromatic N) is 8. The number of β-amino-alcohol motifs (C(OH)–C–C–N with tert-alkyl or cyclic N) is 1. The fraction of sp³-hybridized carbons (Fsp3) is 0.492. The van der Waals surface area contributed by atoms with Gasteiger partial charge in [-0.05, 0) is 135 Å². The number of imide groups is 1. The van der Waals surface area contributed by atoms with Crippen LogP contribution in [0.2, 0.25) is 0 Å². The Kier molecular flexibility index (Phi) is 13.8. The highest BCUT2D eigenvalue weighted by Gasteiger charge is 2.46. The largest absolute Gasteiger partial charge is 0.468 e. The molecule has 1 aliphatic carbocycles. The summed E-state index contributed by atoms with van der Waals surface area (Å²) in [5.74, 6) is -0.718. The van der Waals surface area contributed by atoms with E-state index in [-0.39, 0.29) is 53.5 Å². The van der Waals surface area contributed by atoms with Gasteiger partial charge in [-0.1, -0.05) is 31.2 Å². The highest BCUT2D eigenvalue weighted by Crippen LogP contribution is 2.48. The van der Waals surface area contributed by atoms with Gasteiger partial charge >= 0.3 is 6.01 Å². The summed E-state index contributed by atoms with van der Waals surface area (Å²) in [6.45, 7) is 13.7. The van der Waals surface area contributed by atoms with Gasteiger partial charge in [0.25, 0.3) is 5.91 Å². The molecule has 7 heterocycles. The van der Waals surface area contributed by atoms with Gasteiger partial charge in [0.2, 0.25) is 11.8 Å². The van der Waals surface area contributed by atoms with Crippen molar-refractivity contribution in [1.82, 2.24) is 35.0 Å². The van der Waals surface area contributed by atoms with Crippen LogP contribution in [0.3, 0.4) is 0 Å². The monoisotopic (exact) mass is 1050 g/mol. The fourth-order valence-electron chi connectivity index (χ4n) is 12.9. The van der Waals surface area contributed by atoms with Crippen molar-refractivity contribution in [3.05, 3.63) is 89.1 Å². The quantitative estimate of drug-likeness (QED) is 0.0719. The van der Waals surface area contributed by atoms with E-state index in [0.717, 1.165) is 107 Å². The Hall–Kier alpha value is -6.44. The van der Waals surface area contributed by atoms with E-state index in [1.165, 1.54) is 18.7 Å². The van der Waals surface area contributed by atoms with E-state index in [4.69, 9.17) is 29.2 Å². The number of aliphatic hydroxyl groups is 1. The summed E-state index contributed by atoms with van der Waals surface area (Å²) >= 11 is 0. The van der Waals surface area contributed by atoms with Crippen molar-refractivity contribution in [2.45, 2.75) is 89.2 Å². The maximum atomic E-state index is 17.4. The first-order chi connectivity index (χ1) is 37.3. The van der Waals surface area contributed by atoms with Crippen LogP contribution in [0.4, 0.5) is 20.3 Å². The Bertz CT molecular complexity index is 3300. The number of aryl methyl sites for hydroxylation is 1. The van der Waals surface area contributed by atoms with Crippen molar-refractivity contribution >= 4 is 61.7 Å². The van der Waals surface area contributed by atoms with Crippen LogP contribution in [0.15, 0.2) is 60.8 Å². The number of methoxy groups -OCH3 is 1. The van der Waals surface area contributed by atoms with Crippen LogP contribution in [-0.4, -0.2) is 157 Å². The topological polar surface area (TPSA) is 166 Å². The summed E-state index contributed by atoms with van der Waals surface area (Å²) in [6, 6.07) is 16.0. The van der Waals surface area contributed by atoms with Gasteiger partial charge < -0.3 is 34.0 Å². The number of amides is 3. The third-order valence-electron chi connectivity index (χ3n) is 17.2. The van der Waals surface area contributed by atoms with Crippen LogP contribution >= 0.6 is 0 Å². The molecule has 1 unspecified atom stereocenters. The molecule has 4 aromatic carbocycles. The van der Waals surface area contributed by atoms with E-state index < -0.39 is 23.4 Å². The molecule has 6 aromatic rings. The first-order valence-corrected chi connectivity index (χ1v) is 27.5. The third-order valence-corrected chi connectivity index (χ3v) is 17.2. The number of carbonyl (C=O) groups excluding carboxylic acids is 3. The standard InChI is InChI=1S/C59H67F2N9O7/c1-4-39-45(60)12-9-37-29-38(77-35-75-3)30-43(49(37)39)52-51(61)53-44(31-62-52)54(69-20-6-17-58(2,74)32-69)65-57(64-53)76-34-59(18-19-59)33-68-27-25-67(26-28-68)24-23-66-21-15-36(16-22-66)40-10-11-42-50-41(40)7-5-8-46(50)70(56(42)73)47-13-14-48(71)63-55(47)72/h5,7-12,29-31,36,47,74H,4,6,13-28,32-35H2,1-3H3,(H,63,71,72)/t47?,58-/m1/s1. The van der Waals surface area contributed by atoms with Gasteiger partial charge in [0.15, 0.2) is 12.6 Å². The summed E-state index contributed by atoms with van der Waals surface area (Å²) < 4.78 is 50.4. The van der Waals surface area contributed by atoms with Crippen LogP contribution in [0.5, 0.6) is 11.8 Å². The molecule has 5 fully saturated rings. The number of carbonyl (C=O) groups is 3. The number of piperidine rings is 3. The number of piperazine rings is 1. The molecular weight excluding hydrogens is 985 g/mol. The maximum absolute atomic E-state index is 17.4. The molecule has 2 N–H and O–H groups in total. The normalized spacial score (nSPS) is 22.4. The fourth-order valence-corrected chi connectivity index (χ4v) is 12.9. The number of hydrogen-bond donors (Lipinski definition) is 2. The Labute approximate surface area is 446 Å². The second kappa shape index (κ2) is 20.7. The Morgan fingerprint density at radius 2 is 1.61 bits per heavy atom. The van der Waals surface area contributed by atoms with Gasteiger partial charge in [0.05, 0.1) is 23.3 Å². The minimum absolute atomic E-state index is 0.00259. The van der Waals surface area contributed by atoms with E-state index in [1.54, 1.807) is 36.2 Å². The Balaban J connectivity index is 0.687. The van der Waals surface area contributed by atoms with Gasteiger partial charge in [0, 0.05) is 101 Å². The van der Waals surface area contributed by atoms with E-state index >= 15 is 8.78 Å². The Morgan fingerprint density at radius 3 is 2.35 bits per heavy atom. The Morgan fingerprint density at radius 1 is 0.831 bits per heavy atom. The molecule has 18 heteroatoms. The van der Waals surface area contributed by atoms with Gasteiger partial charge in [-0.15, -0.1) is 0 Å². The number of aromatic nitrogens is 3. The molecule has 16 nitrogen and oxygen atoms in total. The third kappa shape index (κ3) is 9.96. The molecule has 0 bridgehead atoms. The lowest BCUT2D eigenvalue weighted by Crippen LogP contribution is -2.53. The smallest absolute Gasteiger partial charge is 0.319 e. The van der Waals surface area contributed by atoms with Gasteiger partial charge in [-0.25, -0.2) is 8.78 Å². The molecule has 2 atom stereocenters. The average Bonchev–Trinajstić information content (AvgIpc) is 4.30. The van der Waals surface area contributed by atoms with Crippen LogP contribution in [0, 0.1) is 17.0 Å². The van der Waals surface area contributed by atoms with Gasteiger partial charge in [-0.3, -0.25) is 34.5 Å². The number of rotatable bonds is 16. The van der Waals surface area contributed by atoms with Crippen LogP contribution in [0.1, 0.15) is 92.6 Å². The molecule has 3 amide bonds. The minimum Gasteiger partial charge on any atom is -0.468 e. The number of anilines is 2. The first-order valence-electron chi connectivity index (χ1n) is 27.5. The lowest BCUT2D eigenvalue weighted by atomic mass is 9.85. The highest BCUT2D eigenvalue weighted by molar-refractivity contribution is 6.27. The zero-order valence-electron chi connectivity index (χ0n) is 44.2. The number of benzene rings is 4. The van der Waals surface area contributed by atoms with E-state index in [1.807, 2.05) is 30.0 Å². The van der Waals surface area contributed by atoms with Crippen molar-refractivity contribution < 1.29 is 42.5 Å². The van der Waals surface area contributed by atoms with Crippen molar-refractivity contribution in [3.8, 4) is 23.0 Å². The molecule has 4 saturated heterocycles. The lowest BCUT2D eigenvalue weighted by molar-refractivity contribution is -0.134. The molecule has 1 saturated carbocycles. The molecule has 12 rings (SSSR count). The number of hydrogen-bond acceptors (Lipinski definition) is 14. The number of halogens is 2. The summed E-state index contributed by atoms with van der Waals surface area (Å²) in [5.41, 5.74) is 2.46. The van der Waals surface area contributed by atoms with Gasteiger partial charge in [-0.2, -0.15) is 9.97 Å². The molecule has 6 aliphatic rings. The second-order valence-corrected chi connectivity index (χ2v) is 22.6. The summed E-state index contributed by atoms with van der Waals surface area (Å²) in [7, 11) is 1.52. The van der Waals surface area contributed by atoms with E-state index in [2.05, 4.69) is 32.1 Å². The predicted octanol–water partition coefficient (Wildman–Crippen LogP) is 7.59. The maximum Gasteiger partial charge on any atom is 0.319 e. The molecule has 77 heavy (non-hydrogen) atoms. The lowest BCUT2D eigenvalue weighted by Gasteiger charge is -2.38. The van der Waals surface area contributed by atoms with Crippen molar-refractivity contribution in [3.63, 3.8) is 0 Å². The molecule has 2 aromatic heterocycles. The molecule has 0 radical (unpaired) electrons. The first kappa shape index (κ1) is 51.3. The SMILES string of the molecule is CCc1c(F)ccc2cc(OCOC)cc(-c3ncc4c(N5CCC[C@@](C)(O)C5)nc(OCC5(CN6CCN(CCN7CCC(c8ccc9c%10c(cccc8%10)N(C8CCC(=O)NC8=O)C9=O)CC7)CC6)CC5)nc4c3F)c12. The second-order valence-electron chi connectivity index (χ2n) is 22.6. The van der Waals surface area contributed by atoms with Crippen LogP contribution in [0.25, 0.3) is 43.7 Å². The van der Waals surface area contributed by atoms with E-state index in [9.17, 15) is 19.5 Å². The summed E-state index contributed by atoms with van der Waals surface area (Å²) in [4.78, 5) is 64.1. The molecule has 0 spiro atoms. The number of pyridine rings is 1. The van der Waals surface area contributed by atoms with Crippen LogP contribution in [-0.2, 0) is 20.7 Å². The predicted molar refractivity (Wildman–Crippen MR) is 290 cm³/mol. The van der Waals surface area contributed by atoms with Crippen molar-refractivity contribution in [1.29, 1.82) is 0 Å². The van der Waals surface area contributed by atoms with Crippen molar-refractivity contribution in [2.24, 2.45) is 5.41 Å². The number of nitrogens with one attached hydrogen (secondary N) is 1. The number of likely N-dealkylation sites (tertiary alicyclic amines) is 1.